The van der Waals surface area contributed by atoms with Gasteiger partial charge >= 0.3 is 0 Å². The number of guanidine groups is 1. The lowest BCUT2D eigenvalue weighted by atomic mass is 9.97. The molecule has 0 aromatic heterocycles. The molecule has 1 aliphatic heterocycles. The van der Waals surface area contributed by atoms with Crippen LogP contribution >= 0.6 is 0 Å². The summed E-state index contributed by atoms with van der Waals surface area (Å²) in [5.41, 5.74) is 7.99. The highest BCUT2D eigenvalue weighted by Gasteiger charge is 2.23. The van der Waals surface area contributed by atoms with Crippen molar-refractivity contribution in [1.29, 1.82) is 0 Å². The summed E-state index contributed by atoms with van der Waals surface area (Å²) >= 11 is 0. The maximum absolute atomic E-state index is 11.5. The topological polar surface area (TPSA) is 92.0 Å². The van der Waals surface area contributed by atoms with Crippen molar-refractivity contribution in [2.45, 2.75) is 70.6 Å². The first-order valence-electron chi connectivity index (χ1n) is 12.3. The first-order valence-corrected chi connectivity index (χ1v) is 12.3. The fraction of sp³-hybridized carbons (Fsp3) is 0.680. The summed E-state index contributed by atoms with van der Waals surface area (Å²) in [4.78, 5) is 18.2. The molecule has 0 spiro atoms. The second-order valence-corrected chi connectivity index (χ2v) is 9.13. The van der Waals surface area contributed by atoms with Crippen molar-refractivity contribution in [1.82, 2.24) is 15.5 Å². The van der Waals surface area contributed by atoms with Crippen LogP contribution in [0.4, 0.5) is 0 Å². The fourth-order valence-electron chi connectivity index (χ4n) is 4.69. The van der Waals surface area contributed by atoms with Crippen LogP contribution in [-0.4, -0.2) is 56.2 Å². The van der Waals surface area contributed by atoms with Crippen molar-refractivity contribution in [3.05, 3.63) is 35.4 Å². The van der Waals surface area contributed by atoms with E-state index in [9.17, 15) is 4.79 Å². The van der Waals surface area contributed by atoms with Crippen LogP contribution in [0.2, 0.25) is 0 Å². The first-order chi connectivity index (χ1) is 15.6. The highest BCUT2D eigenvalue weighted by Crippen LogP contribution is 2.20. The fourth-order valence-corrected chi connectivity index (χ4v) is 4.69. The number of amides is 1. The Hall–Kier alpha value is -2.12. The van der Waals surface area contributed by atoms with Crippen molar-refractivity contribution in [2.24, 2.45) is 16.6 Å². The number of hydrogen-bond acceptors (Lipinski definition) is 4. The predicted octanol–water partition coefficient (Wildman–Crippen LogP) is 2.79. The molecule has 0 bridgehead atoms. The average Bonchev–Trinajstić information content (AvgIpc) is 2.82. The molecular formula is C25H41N5O2. The monoisotopic (exact) mass is 443 g/mol. The number of ether oxygens (including phenoxy) is 1. The number of aliphatic imine (C=N–C) groups is 1. The van der Waals surface area contributed by atoms with Crippen molar-refractivity contribution < 1.29 is 9.53 Å². The second kappa shape index (κ2) is 13.4. The minimum Gasteiger partial charge on any atom is -0.378 e. The molecule has 32 heavy (non-hydrogen) atoms. The Balaban J connectivity index is 1.36. The van der Waals surface area contributed by atoms with Crippen LogP contribution in [0.3, 0.4) is 0 Å². The number of carbonyl (C=O) groups is 1. The van der Waals surface area contributed by atoms with Gasteiger partial charge in [0.2, 0.25) is 5.91 Å². The molecular weight excluding hydrogens is 402 g/mol. The van der Waals surface area contributed by atoms with Gasteiger partial charge in [-0.3, -0.25) is 14.7 Å². The number of nitrogens with one attached hydrogen (secondary N) is 2. The van der Waals surface area contributed by atoms with Gasteiger partial charge in [-0.25, -0.2) is 0 Å². The largest absolute Gasteiger partial charge is 0.378 e. The summed E-state index contributed by atoms with van der Waals surface area (Å²) in [6, 6.07) is 8.60. The summed E-state index contributed by atoms with van der Waals surface area (Å²) in [6.45, 7) is 5.01. The van der Waals surface area contributed by atoms with Crippen LogP contribution in [0, 0.1) is 5.92 Å². The summed E-state index contributed by atoms with van der Waals surface area (Å²) < 4.78 is 5.99. The molecule has 2 fully saturated rings. The van der Waals surface area contributed by atoms with Gasteiger partial charge in [0.15, 0.2) is 5.96 Å². The Labute approximate surface area is 193 Å². The molecule has 2 aliphatic rings. The molecule has 1 saturated carbocycles. The third-order valence-corrected chi connectivity index (χ3v) is 6.51. The summed E-state index contributed by atoms with van der Waals surface area (Å²) in [6.07, 6.45) is 9.82. The van der Waals surface area contributed by atoms with Gasteiger partial charge in [0, 0.05) is 39.8 Å². The molecule has 1 unspecified atom stereocenters. The molecule has 1 heterocycles. The van der Waals surface area contributed by atoms with Crippen molar-refractivity contribution in [3.8, 4) is 0 Å². The van der Waals surface area contributed by atoms with Crippen LogP contribution in [0.25, 0.3) is 0 Å². The Morgan fingerprint density at radius 1 is 1.16 bits per heavy atom. The summed E-state index contributed by atoms with van der Waals surface area (Å²) in [5.74, 6) is 0.622. The maximum Gasteiger partial charge on any atom is 0.221 e. The van der Waals surface area contributed by atoms with Gasteiger partial charge in [0.25, 0.3) is 0 Å². The third-order valence-electron chi connectivity index (χ3n) is 6.51. The number of nitrogens with zero attached hydrogens (tertiary/aromatic N) is 2. The number of rotatable bonds is 10. The quantitative estimate of drug-likeness (QED) is 0.294. The number of benzene rings is 1. The van der Waals surface area contributed by atoms with Crippen LogP contribution in [-0.2, 0) is 22.6 Å². The van der Waals surface area contributed by atoms with Gasteiger partial charge in [-0.1, -0.05) is 43.5 Å². The molecule has 178 valence electrons. The number of piperidine rings is 1. The number of likely N-dealkylation sites (tertiary alicyclic amines) is 1. The summed E-state index contributed by atoms with van der Waals surface area (Å²) in [5, 5.41) is 6.78. The van der Waals surface area contributed by atoms with Crippen molar-refractivity contribution in [3.63, 3.8) is 0 Å². The molecule has 1 amide bonds. The minimum atomic E-state index is -0.174. The minimum absolute atomic E-state index is 0.0175. The van der Waals surface area contributed by atoms with Crippen LogP contribution in [0.5, 0.6) is 0 Å². The third kappa shape index (κ3) is 8.43. The Kier molecular flexibility index (Phi) is 10.3. The highest BCUT2D eigenvalue weighted by atomic mass is 16.5. The molecule has 0 radical (unpaired) electrons. The van der Waals surface area contributed by atoms with Crippen molar-refractivity contribution >= 4 is 11.9 Å². The predicted molar refractivity (Wildman–Crippen MR) is 129 cm³/mol. The highest BCUT2D eigenvalue weighted by molar-refractivity contribution is 5.79. The van der Waals surface area contributed by atoms with Crippen LogP contribution in [0.1, 0.15) is 62.5 Å². The molecule has 1 atom stereocenters. The Morgan fingerprint density at radius 3 is 2.75 bits per heavy atom. The van der Waals surface area contributed by atoms with E-state index in [-0.39, 0.29) is 11.8 Å². The van der Waals surface area contributed by atoms with E-state index in [4.69, 9.17) is 10.5 Å². The lowest BCUT2D eigenvalue weighted by Crippen LogP contribution is -2.40. The zero-order chi connectivity index (χ0) is 22.6. The van der Waals surface area contributed by atoms with Gasteiger partial charge in [-0.2, -0.15) is 0 Å². The zero-order valence-electron chi connectivity index (χ0n) is 19.7. The van der Waals surface area contributed by atoms with Crippen LogP contribution < -0.4 is 16.4 Å². The van der Waals surface area contributed by atoms with E-state index in [1.165, 1.54) is 43.2 Å². The molecule has 4 N–H and O–H groups in total. The second-order valence-electron chi connectivity index (χ2n) is 9.13. The number of hydrogen-bond donors (Lipinski definition) is 3. The number of primary amides is 1. The number of nitrogens with two attached hydrogens (primary N) is 1. The van der Waals surface area contributed by atoms with Gasteiger partial charge in [0.05, 0.1) is 12.0 Å². The lowest BCUT2D eigenvalue weighted by molar-refractivity contribution is -0.123. The van der Waals surface area contributed by atoms with Gasteiger partial charge in [0.1, 0.15) is 0 Å². The average molecular weight is 444 g/mol. The maximum atomic E-state index is 11.5. The molecule has 1 aliphatic carbocycles. The van der Waals surface area contributed by atoms with Gasteiger partial charge in [-0.15, -0.1) is 0 Å². The molecule has 1 saturated heterocycles. The standard InChI is InChI=1S/C25H41N5O2/c1-27-25(28-13-7-15-32-23-11-3-2-4-12-23)29-17-20-8-5-9-21(16-20)18-30-14-6-10-22(19-30)24(26)31/h5,8-9,16,22-23H,2-4,6-7,10-15,17-19H2,1H3,(H2,26,31)(H2,27,28,29). The van der Waals surface area contributed by atoms with E-state index in [0.717, 1.165) is 64.6 Å². The Bertz CT molecular complexity index is 733. The zero-order valence-corrected chi connectivity index (χ0v) is 19.7. The normalized spacial score (nSPS) is 20.8. The van der Waals surface area contributed by atoms with Gasteiger partial charge in [-0.05, 0) is 49.8 Å². The van der Waals surface area contributed by atoms with E-state index >= 15 is 0 Å². The molecule has 7 nitrogen and oxygen atoms in total. The van der Waals surface area contributed by atoms with E-state index < -0.39 is 0 Å². The lowest BCUT2D eigenvalue weighted by Gasteiger charge is -2.31. The van der Waals surface area contributed by atoms with E-state index in [2.05, 4.69) is 44.8 Å². The first kappa shape index (κ1) is 24.5. The number of carbonyl (C=O) groups excluding carboxylic acids is 1. The smallest absolute Gasteiger partial charge is 0.221 e. The van der Waals surface area contributed by atoms with E-state index in [1.54, 1.807) is 7.05 Å². The van der Waals surface area contributed by atoms with E-state index in [1.807, 2.05) is 0 Å². The SMILES string of the molecule is CN=C(NCCCOC1CCCCC1)NCc1cccc(CN2CCCC(C(N)=O)C2)c1. The molecule has 1 aromatic rings. The van der Waals surface area contributed by atoms with E-state index in [0.29, 0.717) is 6.10 Å². The molecule has 7 heteroatoms. The molecule has 3 rings (SSSR count). The summed E-state index contributed by atoms with van der Waals surface area (Å²) in [7, 11) is 1.80. The van der Waals surface area contributed by atoms with Crippen LogP contribution in [0.15, 0.2) is 29.3 Å². The van der Waals surface area contributed by atoms with Gasteiger partial charge < -0.3 is 21.1 Å². The van der Waals surface area contributed by atoms with Crippen molar-refractivity contribution in [2.75, 3.05) is 33.3 Å². The molecule has 1 aromatic carbocycles. The Morgan fingerprint density at radius 2 is 1.97 bits per heavy atom.